The summed E-state index contributed by atoms with van der Waals surface area (Å²) >= 11 is 1.71. The van der Waals surface area contributed by atoms with Gasteiger partial charge in [0, 0.05) is 12.5 Å². The average molecular weight is 247 g/mol. The molecule has 2 N–H and O–H groups in total. The smallest absolute Gasteiger partial charge is 0.305 e. The molecule has 16 heavy (non-hydrogen) atoms. The predicted octanol–water partition coefficient (Wildman–Crippen LogP) is 1.89. The summed E-state index contributed by atoms with van der Waals surface area (Å²) in [7, 11) is 0. The van der Waals surface area contributed by atoms with Crippen LogP contribution in [0, 0.1) is 0 Å². The second-order valence-corrected chi connectivity index (χ2v) is 4.73. The molecule has 0 aliphatic heterocycles. The molecule has 0 radical (unpaired) electrons. The lowest BCUT2D eigenvalue weighted by Crippen LogP contribution is -2.36. The lowest BCUT2D eigenvalue weighted by molar-refractivity contribution is -0.137. The van der Waals surface area contributed by atoms with Crippen LogP contribution in [0.5, 0.6) is 0 Å². The van der Waals surface area contributed by atoms with Crippen LogP contribution >= 0.6 is 11.8 Å². The Hall–Kier alpha value is -0.710. The van der Waals surface area contributed by atoms with Crippen molar-refractivity contribution in [3.8, 4) is 0 Å². The van der Waals surface area contributed by atoms with Crippen LogP contribution in [0.4, 0.5) is 0 Å². The van der Waals surface area contributed by atoms with Gasteiger partial charge in [-0.05, 0) is 24.9 Å². The van der Waals surface area contributed by atoms with E-state index in [0.29, 0.717) is 6.42 Å². The molecule has 94 valence electrons. The van der Waals surface area contributed by atoms with E-state index < -0.39 is 5.97 Å². The van der Waals surface area contributed by atoms with Crippen LogP contribution in [0.3, 0.4) is 0 Å². The van der Waals surface area contributed by atoms with Gasteiger partial charge in [0.1, 0.15) is 0 Å². The van der Waals surface area contributed by atoms with Crippen molar-refractivity contribution in [1.29, 1.82) is 0 Å². The monoisotopic (exact) mass is 247 g/mol. The molecule has 0 aromatic carbocycles. The third-order valence-electron chi connectivity index (χ3n) is 2.18. The molecule has 1 unspecified atom stereocenters. The number of carbonyl (C=O) groups is 2. The van der Waals surface area contributed by atoms with Crippen molar-refractivity contribution in [3.63, 3.8) is 0 Å². The zero-order valence-electron chi connectivity index (χ0n) is 9.99. The Morgan fingerprint density at radius 1 is 1.44 bits per heavy atom. The lowest BCUT2D eigenvalue weighted by Gasteiger charge is -2.15. The third kappa shape index (κ3) is 8.59. The Labute approximate surface area is 101 Å². The molecule has 0 aromatic rings. The van der Waals surface area contributed by atoms with Gasteiger partial charge in [-0.1, -0.05) is 13.3 Å². The minimum Gasteiger partial charge on any atom is -0.481 e. The van der Waals surface area contributed by atoms with Gasteiger partial charge in [0.15, 0.2) is 0 Å². The van der Waals surface area contributed by atoms with Crippen LogP contribution in [0.15, 0.2) is 0 Å². The zero-order valence-corrected chi connectivity index (χ0v) is 10.8. The predicted molar refractivity (Wildman–Crippen MR) is 66.7 cm³/mol. The highest BCUT2D eigenvalue weighted by Crippen LogP contribution is 2.04. The molecule has 0 aromatic heterocycles. The molecule has 0 saturated carbocycles. The molecule has 5 heteroatoms. The van der Waals surface area contributed by atoms with Gasteiger partial charge in [-0.25, -0.2) is 0 Å². The number of hydrogen-bond donors (Lipinski definition) is 2. The first-order valence-electron chi connectivity index (χ1n) is 5.60. The standard InChI is InChI=1S/C11H21NO3S/c1-3-5-9(8-11(14)15)12-10(13)6-4-7-16-2/h9H,3-8H2,1-2H3,(H,12,13)(H,14,15). The van der Waals surface area contributed by atoms with Gasteiger partial charge in [-0.3, -0.25) is 9.59 Å². The Kier molecular flexibility index (Phi) is 9.09. The molecule has 1 atom stereocenters. The Morgan fingerprint density at radius 2 is 2.12 bits per heavy atom. The molecule has 0 heterocycles. The summed E-state index contributed by atoms with van der Waals surface area (Å²) in [5.41, 5.74) is 0. The molecule has 0 saturated heterocycles. The summed E-state index contributed by atoms with van der Waals surface area (Å²) in [4.78, 5) is 22.0. The number of carboxylic acid groups (broad SMARTS) is 1. The number of hydrogen-bond acceptors (Lipinski definition) is 3. The minimum absolute atomic E-state index is 0.0160. The van der Waals surface area contributed by atoms with Gasteiger partial charge < -0.3 is 10.4 Å². The van der Waals surface area contributed by atoms with Crippen LogP contribution in [-0.2, 0) is 9.59 Å². The zero-order chi connectivity index (χ0) is 12.4. The number of nitrogens with one attached hydrogen (secondary N) is 1. The summed E-state index contributed by atoms with van der Waals surface area (Å²) in [5, 5.41) is 11.5. The van der Waals surface area contributed by atoms with E-state index in [9.17, 15) is 9.59 Å². The van der Waals surface area contributed by atoms with Crippen LogP contribution < -0.4 is 5.32 Å². The molecular weight excluding hydrogens is 226 g/mol. The van der Waals surface area contributed by atoms with Crippen molar-refractivity contribution in [2.75, 3.05) is 12.0 Å². The van der Waals surface area contributed by atoms with Gasteiger partial charge >= 0.3 is 5.97 Å². The number of aliphatic carboxylic acids is 1. The van der Waals surface area contributed by atoms with E-state index in [-0.39, 0.29) is 18.4 Å². The van der Waals surface area contributed by atoms with Gasteiger partial charge in [-0.2, -0.15) is 11.8 Å². The quantitative estimate of drug-likeness (QED) is 0.611. The van der Waals surface area contributed by atoms with Crippen LogP contribution in [0.1, 0.15) is 39.0 Å². The summed E-state index contributed by atoms with van der Waals surface area (Å²) in [6, 6.07) is -0.218. The average Bonchev–Trinajstić information content (AvgIpc) is 2.17. The number of amides is 1. The van der Waals surface area contributed by atoms with E-state index in [0.717, 1.165) is 25.0 Å². The van der Waals surface area contributed by atoms with Crippen LogP contribution in [-0.4, -0.2) is 35.0 Å². The van der Waals surface area contributed by atoms with E-state index in [4.69, 9.17) is 5.11 Å². The van der Waals surface area contributed by atoms with Crippen molar-refractivity contribution >= 4 is 23.6 Å². The summed E-state index contributed by atoms with van der Waals surface area (Å²) in [6.07, 6.45) is 4.95. The largest absolute Gasteiger partial charge is 0.481 e. The Morgan fingerprint density at radius 3 is 2.62 bits per heavy atom. The molecule has 0 fully saturated rings. The van der Waals surface area contributed by atoms with E-state index in [1.54, 1.807) is 11.8 Å². The molecule has 1 amide bonds. The van der Waals surface area contributed by atoms with Crippen molar-refractivity contribution in [2.45, 2.75) is 45.1 Å². The Bertz CT molecular complexity index is 221. The number of thioether (sulfide) groups is 1. The maximum Gasteiger partial charge on any atom is 0.305 e. The maximum absolute atomic E-state index is 11.5. The fourth-order valence-corrected chi connectivity index (χ4v) is 1.89. The fourth-order valence-electron chi connectivity index (χ4n) is 1.46. The van der Waals surface area contributed by atoms with Crippen LogP contribution in [0.25, 0.3) is 0 Å². The van der Waals surface area contributed by atoms with E-state index in [2.05, 4.69) is 5.32 Å². The first kappa shape index (κ1) is 15.3. The van der Waals surface area contributed by atoms with Gasteiger partial charge in [-0.15, -0.1) is 0 Å². The first-order valence-corrected chi connectivity index (χ1v) is 6.99. The molecule has 0 aliphatic carbocycles. The number of rotatable bonds is 9. The molecule has 0 bridgehead atoms. The maximum atomic E-state index is 11.5. The SMILES string of the molecule is CCCC(CC(=O)O)NC(=O)CCCSC. The highest BCUT2D eigenvalue weighted by Gasteiger charge is 2.14. The van der Waals surface area contributed by atoms with Gasteiger partial charge in [0.25, 0.3) is 0 Å². The van der Waals surface area contributed by atoms with Gasteiger partial charge in [0.05, 0.1) is 6.42 Å². The molecule has 4 nitrogen and oxygen atoms in total. The van der Waals surface area contributed by atoms with Crippen molar-refractivity contribution in [3.05, 3.63) is 0 Å². The number of carbonyl (C=O) groups excluding carboxylic acids is 1. The molecule has 0 spiro atoms. The normalized spacial score (nSPS) is 12.1. The molecule has 0 aliphatic rings. The second kappa shape index (κ2) is 9.51. The lowest BCUT2D eigenvalue weighted by atomic mass is 10.1. The van der Waals surface area contributed by atoms with Crippen LogP contribution in [0.2, 0.25) is 0 Å². The van der Waals surface area contributed by atoms with Crippen molar-refractivity contribution < 1.29 is 14.7 Å². The summed E-state index contributed by atoms with van der Waals surface area (Å²) in [5.74, 6) is 0.0711. The van der Waals surface area contributed by atoms with E-state index in [1.807, 2.05) is 13.2 Å². The highest BCUT2D eigenvalue weighted by molar-refractivity contribution is 7.98. The highest BCUT2D eigenvalue weighted by atomic mass is 32.2. The summed E-state index contributed by atoms with van der Waals surface area (Å²) < 4.78 is 0. The van der Waals surface area contributed by atoms with E-state index >= 15 is 0 Å². The Balaban J connectivity index is 3.87. The van der Waals surface area contributed by atoms with Crippen molar-refractivity contribution in [2.24, 2.45) is 0 Å². The van der Waals surface area contributed by atoms with E-state index in [1.165, 1.54) is 0 Å². The minimum atomic E-state index is -0.858. The molecule has 0 rings (SSSR count). The third-order valence-corrected chi connectivity index (χ3v) is 2.87. The fraction of sp³-hybridized carbons (Fsp3) is 0.818. The van der Waals surface area contributed by atoms with Gasteiger partial charge in [0.2, 0.25) is 5.91 Å². The molecular formula is C11H21NO3S. The summed E-state index contributed by atoms with van der Waals surface area (Å²) in [6.45, 7) is 1.98. The number of carboxylic acids is 1. The second-order valence-electron chi connectivity index (χ2n) is 3.75. The topological polar surface area (TPSA) is 66.4 Å². The van der Waals surface area contributed by atoms with Crippen molar-refractivity contribution in [1.82, 2.24) is 5.32 Å². The first-order chi connectivity index (χ1) is 7.60.